The molecule has 1 heterocycles. The normalized spacial score (nSPS) is 11.4. The van der Waals surface area contributed by atoms with Gasteiger partial charge < -0.3 is 4.90 Å². The molecule has 0 saturated heterocycles. The number of pyridine rings is 1. The van der Waals surface area contributed by atoms with Gasteiger partial charge in [0.15, 0.2) is 0 Å². The smallest absolute Gasteiger partial charge is 0.0807 e. The highest BCUT2D eigenvalue weighted by Gasteiger charge is 1.88. The number of rotatable bonds is 5. The van der Waals surface area contributed by atoms with Crippen molar-refractivity contribution in [3.63, 3.8) is 0 Å². The van der Waals surface area contributed by atoms with Gasteiger partial charge in [-0.05, 0) is 39.2 Å². The Kier molecular flexibility index (Phi) is 4.86. The van der Waals surface area contributed by atoms with Crippen LogP contribution in [0.4, 0.5) is 0 Å². The number of aromatic nitrogens is 1. The summed E-state index contributed by atoms with van der Waals surface area (Å²) in [6, 6.07) is 5.83. The number of aliphatic imine (C=N–C) groups is 1. The Morgan fingerprint density at radius 3 is 2.93 bits per heavy atom. The van der Waals surface area contributed by atoms with Crippen LogP contribution in [-0.4, -0.2) is 43.3 Å². The van der Waals surface area contributed by atoms with Crippen LogP contribution in [0.25, 0.3) is 0 Å². The van der Waals surface area contributed by atoms with Gasteiger partial charge in [0.05, 0.1) is 5.69 Å². The van der Waals surface area contributed by atoms with E-state index < -0.39 is 0 Å². The Labute approximate surface area is 85.5 Å². The molecule has 0 radical (unpaired) electrons. The molecule has 0 saturated carbocycles. The van der Waals surface area contributed by atoms with Crippen LogP contribution in [0.5, 0.6) is 0 Å². The van der Waals surface area contributed by atoms with Gasteiger partial charge in [0.1, 0.15) is 0 Å². The molecule has 0 unspecified atom stereocenters. The molecule has 1 aromatic heterocycles. The molecule has 3 heteroatoms. The largest absolute Gasteiger partial charge is 0.309 e. The van der Waals surface area contributed by atoms with Crippen molar-refractivity contribution in [2.45, 2.75) is 6.42 Å². The number of hydrogen-bond donors (Lipinski definition) is 0. The van der Waals surface area contributed by atoms with E-state index in [2.05, 4.69) is 29.0 Å². The van der Waals surface area contributed by atoms with Crippen LogP contribution in [0.2, 0.25) is 0 Å². The van der Waals surface area contributed by atoms with Crippen LogP contribution < -0.4 is 0 Å². The predicted octanol–water partition coefficient (Wildman–Crippen LogP) is 1.45. The second-order valence-corrected chi connectivity index (χ2v) is 3.45. The predicted molar refractivity (Wildman–Crippen MR) is 59.9 cm³/mol. The van der Waals surface area contributed by atoms with Gasteiger partial charge in [0.2, 0.25) is 0 Å². The third-order valence-electron chi connectivity index (χ3n) is 1.80. The summed E-state index contributed by atoms with van der Waals surface area (Å²) >= 11 is 0. The highest BCUT2D eigenvalue weighted by atomic mass is 15.0. The first-order chi connectivity index (χ1) is 6.79. The summed E-state index contributed by atoms with van der Waals surface area (Å²) < 4.78 is 0. The molecular formula is C11H17N3. The second-order valence-electron chi connectivity index (χ2n) is 3.45. The molecule has 0 spiro atoms. The van der Waals surface area contributed by atoms with E-state index in [0.717, 1.165) is 25.2 Å². The molecule has 0 aromatic carbocycles. The summed E-state index contributed by atoms with van der Waals surface area (Å²) in [5.41, 5.74) is 0.928. The third-order valence-corrected chi connectivity index (χ3v) is 1.80. The Hall–Kier alpha value is -1.22. The summed E-state index contributed by atoms with van der Waals surface area (Å²) in [6.45, 7) is 1.95. The van der Waals surface area contributed by atoms with Crippen molar-refractivity contribution in [2.24, 2.45) is 4.99 Å². The minimum absolute atomic E-state index is 0.870. The van der Waals surface area contributed by atoms with Crippen molar-refractivity contribution in [1.29, 1.82) is 0 Å². The van der Waals surface area contributed by atoms with Crippen LogP contribution in [0.3, 0.4) is 0 Å². The molecule has 0 N–H and O–H groups in total. The topological polar surface area (TPSA) is 28.5 Å². The van der Waals surface area contributed by atoms with Crippen molar-refractivity contribution in [3.8, 4) is 0 Å². The van der Waals surface area contributed by atoms with Gasteiger partial charge in [0.25, 0.3) is 0 Å². The van der Waals surface area contributed by atoms with E-state index in [9.17, 15) is 0 Å². The zero-order valence-electron chi connectivity index (χ0n) is 8.85. The van der Waals surface area contributed by atoms with Gasteiger partial charge in [-0.15, -0.1) is 0 Å². The minimum atomic E-state index is 0.870. The van der Waals surface area contributed by atoms with Crippen molar-refractivity contribution >= 4 is 6.21 Å². The zero-order valence-corrected chi connectivity index (χ0v) is 8.85. The maximum atomic E-state index is 4.30. The standard InChI is InChI=1S/C11H17N3/c1-14(2)9-5-7-12-10-11-6-3-4-8-13-11/h3-4,6,8,10H,5,7,9H2,1-2H3. The van der Waals surface area contributed by atoms with Crippen LogP contribution in [0.15, 0.2) is 29.4 Å². The molecule has 14 heavy (non-hydrogen) atoms. The molecule has 1 rings (SSSR count). The van der Waals surface area contributed by atoms with Crippen LogP contribution in [0.1, 0.15) is 12.1 Å². The summed E-state index contributed by atoms with van der Waals surface area (Å²) in [6.07, 6.45) is 4.70. The van der Waals surface area contributed by atoms with Gasteiger partial charge in [-0.2, -0.15) is 0 Å². The monoisotopic (exact) mass is 191 g/mol. The molecule has 1 aromatic rings. The fraction of sp³-hybridized carbons (Fsp3) is 0.455. The second kappa shape index (κ2) is 6.27. The first-order valence-electron chi connectivity index (χ1n) is 4.84. The maximum absolute atomic E-state index is 4.30. The SMILES string of the molecule is CN(C)CCCN=Cc1ccccn1. The van der Waals surface area contributed by atoms with Crippen molar-refractivity contribution in [3.05, 3.63) is 30.1 Å². The van der Waals surface area contributed by atoms with E-state index in [1.807, 2.05) is 24.4 Å². The highest BCUT2D eigenvalue weighted by Crippen LogP contribution is 1.89. The van der Waals surface area contributed by atoms with Gasteiger partial charge in [-0.1, -0.05) is 6.07 Å². The average molecular weight is 191 g/mol. The molecule has 0 amide bonds. The molecule has 0 aliphatic heterocycles. The fourth-order valence-electron chi connectivity index (χ4n) is 1.09. The molecule has 76 valence electrons. The van der Waals surface area contributed by atoms with Gasteiger partial charge >= 0.3 is 0 Å². The van der Waals surface area contributed by atoms with E-state index >= 15 is 0 Å². The van der Waals surface area contributed by atoms with E-state index in [0.29, 0.717) is 0 Å². The quantitative estimate of drug-likeness (QED) is 0.520. The van der Waals surface area contributed by atoms with Crippen molar-refractivity contribution in [1.82, 2.24) is 9.88 Å². The Morgan fingerprint density at radius 2 is 2.29 bits per heavy atom. The van der Waals surface area contributed by atoms with Crippen LogP contribution in [-0.2, 0) is 0 Å². The number of nitrogens with zero attached hydrogens (tertiary/aromatic N) is 3. The van der Waals surface area contributed by atoms with Crippen molar-refractivity contribution in [2.75, 3.05) is 27.2 Å². The van der Waals surface area contributed by atoms with E-state index in [1.165, 1.54) is 0 Å². The molecule has 0 aliphatic rings. The lowest BCUT2D eigenvalue weighted by Crippen LogP contribution is -2.13. The molecule has 0 atom stereocenters. The lowest BCUT2D eigenvalue weighted by molar-refractivity contribution is 0.403. The summed E-state index contributed by atoms with van der Waals surface area (Å²) in [4.78, 5) is 10.6. The lowest BCUT2D eigenvalue weighted by atomic mass is 10.4. The molecule has 0 bridgehead atoms. The van der Waals surface area contributed by atoms with Gasteiger partial charge in [-0.3, -0.25) is 9.98 Å². The highest BCUT2D eigenvalue weighted by molar-refractivity contribution is 5.76. The van der Waals surface area contributed by atoms with E-state index in [4.69, 9.17) is 0 Å². The Morgan fingerprint density at radius 1 is 1.43 bits per heavy atom. The summed E-state index contributed by atoms with van der Waals surface area (Å²) in [5.74, 6) is 0. The first kappa shape index (κ1) is 10.9. The van der Waals surface area contributed by atoms with Gasteiger partial charge in [0, 0.05) is 19.0 Å². The molecule has 3 nitrogen and oxygen atoms in total. The summed E-state index contributed by atoms with van der Waals surface area (Å²) in [5, 5.41) is 0. The van der Waals surface area contributed by atoms with Crippen LogP contribution >= 0.6 is 0 Å². The first-order valence-corrected chi connectivity index (χ1v) is 4.84. The lowest BCUT2D eigenvalue weighted by Gasteiger charge is -2.06. The maximum Gasteiger partial charge on any atom is 0.0807 e. The van der Waals surface area contributed by atoms with E-state index in [1.54, 1.807) is 6.20 Å². The van der Waals surface area contributed by atoms with Gasteiger partial charge in [-0.25, -0.2) is 0 Å². The minimum Gasteiger partial charge on any atom is -0.309 e. The zero-order chi connectivity index (χ0) is 10.2. The average Bonchev–Trinajstić information content (AvgIpc) is 2.18. The Bertz CT molecular complexity index is 267. The van der Waals surface area contributed by atoms with E-state index in [-0.39, 0.29) is 0 Å². The Balaban J connectivity index is 2.21. The van der Waals surface area contributed by atoms with Crippen LogP contribution in [0, 0.1) is 0 Å². The summed E-state index contributed by atoms with van der Waals surface area (Å²) in [7, 11) is 4.14. The number of hydrogen-bond acceptors (Lipinski definition) is 3. The van der Waals surface area contributed by atoms with Crippen molar-refractivity contribution < 1.29 is 0 Å². The molecule has 0 aliphatic carbocycles. The molecule has 0 fully saturated rings. The molecular weight excluding hydrogens is 174 g/mol. The third kappa shape index (κ3) is 4.72. The fourth-order valence-corrected chi connectivity index (χ4v) is 1.09.